The number of hydrogen-bond donors (Lipinski definition) is 0. The van der Waals surface area contributed by atoms with Gasteiger partial charge in [-0.2, -0.15) is 0 Å². The van der Waals surface area contributed by atoms with Gasteiger partial charge in [0.25, 0.3) is 0 Å². The summed E-state index contributed by atoms with van der Waals surface area (Å²) in [6.45, 7) is 14.0. The molecule has 0 atom stereocenters. The first-order chi connectivity index (χ1) is 14.3. The second kappa shape index (κ2) is 15.0. The van der Waals surface area contributed by atoms with Crippen molar-refractivity contribution >= 4 is 14.7 Å². The smallest absolute Gasteiger partial charge is 1.00 e. The van der Waals surface area contributed by atoms with Crippen LogP contribution in [0.5, 0.6) is 0 Å². The van der Waals surface area contributed by atoms with Crippen molar-refractivity contribution < 1.29 is 57.7 Å². The van der Waals surface area contributed by atoms with Crippen molar-refractivity contribution in [3.63, 3.8) is 0 Å². The molecule has 33 heavy (non-hydrogen) atoms. The van der Waals surface area contributed by atoms with Gasteiger partial charge in [-0.25, -0.2) is 0 Å². The predicted octanol–water partition coefficient (Wildman–Crippen LogP) is -2.68. The average molecular weight is 556 g/mol. The standard InChI is InChI=1S/C28H37Si.3ClH.Ti/c1-7-8-10-15-25-17-27(18-26(25)16-24-13-11-9-12-14-24)29-28-22(5)20(3)19(2)21(4)23(28)6;;;;/h9,11-14H,7-8,10,15-17,29H2,1-6H3;3*1H;/q;;;;+3/p-3. The van der Waals surface area contributed by atoms with Gasteiger partial charge in [-0.3, -0.25) is 0 Å². The molecule has 0 radical (unpaired) electrons. The Hall–Kier alpha value is -0.279. The Balaban J connectivity index is 0.00000341. The van der Waals surface area contributed by atoms with Gasteiger partial charge in [-0.05, 0) is 0 Å². The van der Waals surface area contributed by atoms with Crippen LogP contribution in [0.4, 0.5) is 0 Å². The van der Waals surface area contributed by atoms with Crippen molar-refractivity contribution in [2.45, 2.75) is 80.1 Å². The van der Waals surface area contributed by atoms with Crippen LogP contribution in [0.15, 0.2) is 50.6 Å². The molecule has 2 aromatic rings. The molecule has 0 saturated heterocycles. The van der Waals surface area contributed by atoms with E-state index >= 15 is 0 Å². The first-order valence-electron chi connectivity index (χ1n) is 11.6. The molecule has 0 heterocycles. The molecule has 1 aliphatic carbocycles. The molecule has 0 aliphatic heterocycles. The Bertz CT molecular complexity index is 965. The molecule has 0 aromatic heterocycles. The van der Waals surface area contributed by atoms with Gasteiger partial charge in [-0.15, -0.1) is 0 Å². The average Bonchev–Trinajstić information content (AvgIpc) is 3.04. The van der Waals surface area contributed by atoms with E-state index in [0.717, 1.165) is 6.42 Å². The van der Waals surface area contributed by atoms with E-state index in [0.29, 0.717) is 0 Å². The van der Waals surface area contributed by atoms with Crippen LogP contribution in [0.3, 0.4) is 0 Å². The molecule has 0 unspecified atom stereocenters. The molecule has 3 rings (SSSR count). The second-order valence-corrected chi connectivity index (χ2v) is 11.8. The summed E-state index contributed by atoms with van der Waals surface area (Å²) in [4.78, 5) is 0. The maximum atomic E-state index is 2.42. The quantitative estimate of drug-likeness (QED) is 0.246. The molecule has 1 aliphatic rings. The predicted molar refractivity (Wildman–Crippen MR) is 131 cm³/mol. The Labute approximate surface area is 235 Å². The van der Waals surface area contributed by atoms with Gasteiger partial charge >= 0.3 is 199 Å². The van der Waals surface area contributed by atoms with Crippen LogP contribution in [0, 0.1) is 34.6 Å². The molecule has 0 nitrogen and oxygen atoms in total. The van der Waals surface area contributed by atoms with Gasteiger partial charge in [0.1, 0.15) is 0 Å². The zero-order valence-corrected chi connectivity index (χ0v) is 26.2. The third kappa shape index (κ3) is 7.60. The van der Waals surface area contributed by atoms with Crippen molar-refractivity contribution in [2.75, 3.05) is 0 Å². The SMILES string of the molecule is CCCCCC1=C(Cc2ccccc2)[C]([Ti+3])=C([SiH2]c2c(C)c(C)c(C)c(C)c2C)C1.[Cl-].[Cl-].[Cl-]. The zero-order chi connectivity index (χ0) is 21.8. The van der Waals surface area contributed by atoms with Gasteiger partial charge in [0.2, 0.25) is 0 Å². The molecule has 5 heteroatoms. The van der Waals surface area contributed by atoms with Gasteiger partial charge in [-0.1, -0.05) is 0 Å². The molecule has 0 fully saturated rings. The number of hydrogen-bond acceptors (Lipinski definition) is 0. The molecule has 0 spiro atoms. The van der Waals surface area contributed by atoms with Crippen LogP contribution < -0.4 is 42.4 Å². The maximum Gasteiger partial charge on any atom is -1.00 e. The van der Waals surface area contributed by atoms with Gasteiger partial charge < -0.3 is 37.2 Å². The van der Waals surface area contributed by atoms with E-state index < -0.39 is 9.52 Å². The summed E-state index contributed by atoms with van der Waals surface area (Å²) in [5.74, 6) is 0. The summed E-state index contributed by atoms with van der Waals surface area (Å²) in [5, 5.41) is 3.50. The van der Waals surface area contributed by atoms with Crippen LogP contribution >= 0.6 is 0 Å². The summed E-state index contributed by atoms with van der Waals surface area (Å²) < 4.78 is 1.63. The molecule has 0 saturated carbocycles. The van der Waals surface area contributed by atoms with Crippen LogP contribution in [-0.2, 0) is 26.9 Å². The fraction of sp³-hybridized carbons (Fsp3) is 0.429. The minimum absolute atomic E-state index is 0. The minimum Gasteiger partial charge on any atom is -1.00 e. The number of allylic oxidation sites excluding steroid dienone is 4. The molecule has 0 bridgehead atoms. The Kier molecular flexibility index (Phi) is 14.8. The normalized spacial score (nSPS) is 13.3. The van der Waals surface area contributed by atoms with E-state index in [1.807, 2.05) is 0 Å². The van der Waals surface area contributed by atoms with E-state index in [4.69, 9.17) is 0 Å². The number of halogens is 3. The van der Waals surface area contributed by atoms with Crippen molar-refractivity contribution in [3.05, 3.63) is 83.9 Å². The Morgan fingerprint density at radius 1 is 0.788 bits per heavy atom. The molecular formula is C28H37Cl3SiTi. The number of benzene rings is 2. The molecular weight excluding hydrogens is 519 g/mol. The summed E-state index contributed by atoms with van der Waals surface area (Å²) in [5.41, 5.74) is 12.5. The van der Waals surface area contributed by atoms with E-state index in [9.17, 15) is 0 Å². The van der Waals surface area contributed by atoms with Crippen LogP contribution in [-0.4, -0.2) is 9.52 Å². The van der Waals surface area contributed by atoms with Crippen LogP contribution in [0.25, 0.3) is 0 Å². The monoisotopic (exact) mass is 554 g/mol. The minimum atomic E-state index is -0.442. The fourth-order valence-corrected chi connectivity index (χ4v) is 8.16. The largest absolute Gasteiger partial charge is 1.00 e. The molecule has 178 valence electrons. The van der Waals surface area contributed by atoms with Crippen LogP contribution in [0.2, 0.25) is 0 Å². The number of rotatable bonds is 8. The first-order valence-corrected chi connectivity index (χ1v) is 13.8. The topological polar surface area (TPSA) is 0 Å². The first kappa shape index (κ1) is 32.7. The van der Waals surface area contributed by atoms with Gasteiger partial charge in [0, 0.05) is 0 Å². The summed E-state index contributed by atoms with van der Waals surface area (Å²) in [7, 11) is -0.442. The Morgan fingerprint density at radius 2 is 1.33 bits per heavy atom. The van der Waals surface area contributed by atoms with E-state index in [1.54, 1.807) is 36.5 Å². The van der Waals surface area contributed by atoms with Gasteiger partial charge in [0.15, 0.2) is 0 Å². The summed E-state index contributed by atoms with van der Waals surface area (Å²) >= 11 is 2.42. The molecule has 2 aromatic carbocycles. The van der Waals surface area contributed by atoms with Crippen molar-refractivity contribution in [2.24, 2.45) is 0 Å². The third-order valence-corrected chi connectivity index (χ3v) is 11.4. The van der Waals surface area contributed by atoms with Crippen molar-refractivity contribution in [1.82, 2.24) is 0 Å². The molecule has 0 amide bonds. The van der Waals surface area contributed by atoms with Crippen molar-refractivity contribution in [3.8, 4) is 0 Å². The molecule has 0 N–H and O–H groups in total. The summed E-state index contributed by atoms with van der Waals surface area (Å²) in [6, 6.07) is 11.1. The maximum absolute atomic E-state index is 2.42. The zero-order valence-electron chi connectivity index (χ0n) is 21.0. The van der Waals surface area contributed by atoms with E-state index in [2.05, 4.69) is 92.3 Å². The van der Waals surface area contributed by atoms with E-state index in [1.165, 1.54) is 54.4 Å². The number of unbranched alkanes of at least 4 members (excludes halogenated alkanes) is 2. The third-order valence-electron chi connectivity index (χ3n) is 7.36. The van der Waals surface area contributed by atoms with Crippen LogP contribution in [0.1, 0.15) is 72.4 Å². The fourth-order valence-electron chi connectivity index (χ4n) is 4.89. The Morgan fingerprint density at radius 3 is 1.88 bits per heavy atom. The second-order valence-electron chi connectivity index (χ2n) is 9.14. The summed E-state index contributed by atoms with van der Waals surface area (Å²) in [6.07, 6.45) is 7.63. The van der Waals surface area contributed by atoms with Gasteiger partial charge in [0.05, 0.1) is 0 Å². The van der Waals surface area contributed by atoms with Crippen molar-refractivity contribution in [1.29, 1.82) is 0 Å². The van der Waals surface area contributed by atoms with E-state index in [-0.39, 0.29) is 37.2 Å².